The minimum Gasteiger partial charge on any atom is -0.396 e. The van der Waals surface area contributed by atoms with Crippen molar-refractivity contribution in [2.24, 2.45) is 5.16 Å². The van der Waals surface area contributed by atoms with Gasteiger partial charge in [0.15, 0.2) is 0 Å². The number of amides is 1. The molecule has 0 spiro atoms. The normalized spacial score (nSPS) is 11.8. The van der Waals surface area contributed by atoms with Crippen molar-refractivity contribution in [3.8, 4) is 11.4 Å². The molecule has 0 bridgehead atoms. The number of aromatic nitrogens is 2. The molecule has 1 aromatic carbocycles. The summed E-state index contributed by atoms with van der Waals surface area (Å²) in [5.74, 6) is -1.97. The molecular weight excluding hydrogens is 449 g/mol. The second kappa shape index (κ2) is 15.1. The van der Waals surface area contributed by atoms with E-state index in [0.717, 1.165) is 12.8 Å². The zero-order chi connectivity index (χ0) is 24.7. The predicted octanol–water partition coefficient (Wildman–Crippen LogP) is 6.41. The number of nitrogens with one attached hydrogen (secondary N) is 1. The molecule has 0 aliphatic rings. The lowest BCUT2D eigenvalue weighted by Gasteiger charge is -2.03. The summed E-state index contributed by atoms with van der Waals surface area (Å²) in [5, 5.41) is 9.80. The minimum atomic E-state index is -4.70. The fourth-order valence-corrected chi connectivity index (χ4v) is 3.26. The standard InChI is InChI=1S/C24H33F3N4O3/c1-2-3-4-5-6-7-8-9-10-11-18-33-29-17-16-28-22(32)20-14-12-19(13-15-20)21-30-23(34-31-21)24(25,26)27/h12-15,17H,2-11,16,18H2,1H3,(H,28,32)/b29-17+. The molecule has 7 nitrogen and oxygen atoms in total. The fourth-order valence-electron chi connectivity index (χ4n) is 3.26. The molecule has 188 valence electrons. The van der Waals surface area contributed by atoms with E-state index in [-0.39, 0.29) is 18.3 Å². The lowest BCUT2D eigenvalue weighted by molar-refractivity contribution is -0.159. The van der Waals surface area contributed by atoms with Gasteiger partial charge in [-0.2, -0.15) is 18.2 Å². The Balaban J connectivity index is 1.55. The number of alkyl halides is 3. The Morgan fingerprint density at radius 3 is 2.24 bits per heavy atom. The lowest BCUT2D eigenvalue weighted by Crippen LogP contribution is -2.25. The third-order valence-corrected chi connectivity index (χ3v) is 5.17. The molecule has 0 radical (unpaired) electrons. The van der Waals surface area contributed by atoms with E-state index in [1.165, 1.54) is 81.8 Å². The highest BCUT2D eigenvalue weighted by molar-refractivity contribution is 5.95. The molecule has 10 heteroatoms. The van der Waals surface area contributed by atoms with Crippen molar-refractivity contribution in [2.75, 3.05) is 13.2 Å². The summed E-state index contributed by atoms with van der Waals surface area (Å²) in [6.07, 6.45) is 9.30. The number of halogens is 3. The molecule has 1 heterocycles. The molecule has 2 aromatic rings. The van der Waals surface area contributed by atoms with Crippen LogP contribution in [0, 0.1) is 0 Å². The summed E-state index contributed by atoms with van der Waals surface area (Å²) in [7, 11) is 0. The Hall–Kier alpha value is -2.91. The highest BCUT2D eigenvalue weighted by Gasteiger charge is 2.38. The number of hydrogen-bond acceptors (Lipinski definition) is 6. The number of unbranched alkanes of at least 4 members (excludes halogenated alkanes) is 9. The van der Waals surface area contributed by atoms with Crippen LogP contribution >= 0.6 is 0 Å². The molecule has 0 aliphatic heterocycles. The summed E-state index contributed by atoms with van der Waals surface area (Å²) in [4.78, 5) is 20.7. The molecule has 1 amide bonds. The molecule has 0 aliphatic carbocycles. The van der Waals surface area contributed by atoms with Gasteiger partial charge in [-0.1, -0.05) is 80.7 Å². The predicted molar refractivity (Wildman–Crippen MR) is 123 cm³/mol. The Morgan fingerprint density at radius 2 is 1.65 bits per heavy atom. The maximum Gasteiger partial charge on any atom is 0.471 e. The quantitative estimate of drug-likeness (QED) is 0.170. The first kappa shape index (κ1) is 27.3. The van der Waals surface area contributed by atoms with Crippen LogP contribution in [-0.2, 0) is 11.0 Å². The monoisotopic (exact) mass is 482 g/mol. The second-order valence-corrected chi connectivity index (χ2v) is 8.01. The van der Waals surface area contributed by atoms with Gasteiger partial charge in [-0.15, -0.1) is 0 Å². The van der Waals surface area contributed by atoms with Gasteiger partial charge >= 0.3 is 12.1 Å². The van der Waals surface area contributed by atoms with Crippen LogP contribution in [0.25, 0.3) is 11.4 Å². The minimum absolute atomic E-state index is 0.193. The molecule has 1 aromatic heterocycles. The average Bonchev–Trinajstić information content (AvgIpc) is 3.33. The number of carbonyl (C=O) groups is 1. The number of oxime groups is 1. The van der Waals surface area contributed by atoms with Gasteiger partial charge in [0.25, 0.3) is 5.91 Å². The maximum absolute atomic E-state index is 12.6. The van der Waals surface area contributed by atoms with Crippen molar-refractivity contribution < 1.29 is 27.3 Å². The van der Waals surface area contributed by atoms with Gasteiger partial charge in [0.2, 0.25) is 5.82 Å². The zero-order valence-corrected chi connectivity index (χ0v) is 19.6. The smallest absolute Gasteiger partial charge is 0.396 e. The van der Waals surface area contributed by atoms with Gasteiger partial charge in [-0.3, -0.25) is 4.79 Å². The highest BCUT2D eigenvalue weighted by Crippen LogP contribution is 2.29. The van der Waals surface area contributed by atoms with Crippen LogP contribution in [0.15, 0.2) is 33.9 Å². The Labute approximate surface area is 198 Å². The van der Waals surface area contributed by atoms with E-state index in [9.17, 15) is 18.0 Å². The van der Waals surface area contributed by atoms with Crippen molar-refractivity contribution >= 4 is 12.1 Å². The van der Waals surface area contributed by atoms with Gasteiger partial charge in [0.05, 0.1) is 12.8 Å². The fraction of sp³-hybridized carbons (Fsp3) is 0.583. The first-order chi connectivity index (χ1) is 16.4. The molecule has 0 saturated carbocycles. The van der Waals surface area contributed by atoms with Crippen LogP contribution in [0.5, 0.6) is 0 Å². The number of benzene rings is 1. The second-order valence-electron chi connectivity index (χ2n) is 8.01. The van der Waals surface area contributed by atoms with Crippen LogP contribution in [0.3, 0.4) is 0 Å². The zero-order valence-electron chi connectivity index (χ0n) is 19.6. The summed E-state index contributed by atoms with van der Waals surface area (Å²) >= 11 is 0. The molecule has 0 unspecified atom stereocenters. The van der Waals surface area contributed by atoms with Crippen LogP contribution in [0.4, 0.5) is 13.2 Å². The van der Waals surface area contributed by atoms with Gasteiger partial charge in [0.1, 0.15) is 6.61 Å². The molecule has 0 atom stereocenters. The van der Waals surface area contributed by atoms with E-state index >= 15 is 0 Å². The van der Waals surface area contributed by atoms with Crippen molar-refractivity contribution in [1.82, 2.24) is 15.5 Å². The van der Waals surface area contributed by atoms with E-state index in [1.54, 1.807) is 0 Å². The third kappa shape index (κ3) is 10.4. The number of rotatable bonds is 16. The number of carbonyl (C=O) groups excluding carboxylic acids is 1. The Kier molecular flexibility index (Phi) is 12.1. The SMILES string of the molecule is CCCCCCCCCCCCO/N=C/CNC(=O)c1ccc(-c2noc(C(F)(F)F)n2)cc1. The Bertz CT molecular complexity index is 867. The average molecular weight is 483 g/mol. The summed E-state index contributed by atoms with van der Waals surface area (Å²) in [6, 6.07) is 5.83. The van der Waals surface area contributed by atoms with E-state index in [4.69, 9.17) is 4.84 Å². The molecule has 34 heavy (non-hydrogen) atoms. The molecule has 1 N–H and O–H groups in total. The van der Waals surface area contributed by atoms with Crippen LogP contribution in [-0.4, -0.2) is 35.4 Å². The van der Waals surface area contributed by atoms with E-state index in [0.29, 0.717) is 17.7 Å². The lowest BCUT2D eigenvalue weighted by atomic mass is 10.1. The van der Waals surface area contributed by atoms with Crippen molar-refractivity contribution in [3.63, 3.8) is 0 Å². The Morgan fingerprint density at radius 1 is 1.03 bits per heavy atom. The van der Waals surface area contributed by atoms with E-state index < -0.39 is 12.1 Å². The number of hydrogen-bond donors (Lipinski definition) is 1. The third-order valence-electron chi connectivity index (χ3n) is 5.17. The van der Waals surface area contributed by atoms with E-state index in [1.807, 2.05) is 0 Å². The van der Waals surface area contributed by atoms with Gasteiger partial charge in [0, 0.05) is 11.1 Å². The van der Waals surface area contributed by atoms with Gasteiger partial charge < -0.3 is 14.7 Å². The number of nitrogens with zero attached hydrogens (tertiary/aromatic N) is 3. The van der Waals surface area contributed by atoms with E-state index in [2.05, 4.69) is 32.1 Å². The maximum atomic E-state index is 12.6. The largest absolute Gasteiger partial charge is 0.471 e. The van der Waals surface area contributed by atoms with Crippen LogP contribution in [0.2, 0.25) is 0 Å². The van der Waals surface area contributed by atoms with Gasteiger partial charge in [-0.05, 0) is 25.0 Å². The first-order valence-electron chi connectivity index (χ1n) is 11.8. The van der Waals surface area contributed by atoms with Crippen molar-refractivity contribution in [3.05, 3.63) is 35.7 Å². The molecule has 0 saturated heterocycles. The molecular formula is C24H33F3N4O3. The van der Waals surface area contributed by atoms with Crippen molar-refractivity contribution in [2.45, 2.75) is 77.3 Å². The molecule has 2 rings (SSSR count). The topological polar surface area (TPSA) is 89.6 Å². The summed E-state index contributed by atoms with van der Waals surface area (Å²) in [5.41, 5.74) is 0.640. The van der Waals surface area contributed by atoms with Crippen LogP contribution < -0.4 is 5.32 Å². The highest BCUT2D eigenvalue weighted by atomic mass is 19.4. The molecule has 0 fully saturated rings. The van der Waals surface area contributed by atoms with Crippen LogP contribution in [0.1, 0.15) is 87.4 Å². The van der Waals surface area contributed by atoms with Gasteiger partial charge in [-0.25, -0.2) is 0 Å². The summed E-state index contributed by atoms with van der Waals surface area (Å²) in [6.45, 7) is 2.97. The summed E-state index contributed by atoms with van der Waals surface area (Å²) < 4.78 is 41.9. The first-order valence-corrected chi connectivity index (χ1v) is 11.8. The van der Waals surface area contributed by atoms with Crippen molar-refractivity contribution in [1.29, 1.82) is 0 Å².